The molecule has 0 radical (unpaired) electrons. The summed E-state index contributed by atoms with van der Waals surface area (Å²) in [6.45, 7) is 0.184. The molecular weight excluding hydrogens is 414 g/mol. The van der Waals surface area contributed by atoms with Crippen molar-refractivity contribution in [1.82, 2.24) is 10.3 Å². The van der Waals surface area contributed by atoms with Gasteiger partial charge in [-0.15, -0.1) is 11.8 Å². The van der Waals surface area contributed by atoms with Gasteiger partial charge in [0.2, 0.25) is 5.52 Å². The Kier molecular flexibility index (Phi) is 5.29. The minimum Gasteiger partial charge on any atom is -0.461 e. The fourth-order valence-corrected chi connectivity index (χ4v) is 3.14. The maximum Gasteiger partial charge on any atom is 0.338 e. The summed E-state index contributed by atoms with van der Waals surface area (Å²) in [5.74, 6) is 0.0484. The zero-order valence-corrected chi connectivity index (χ0v) is 14.9. The number of benzene rings is 2. The summed E-state index contributed by atoms with van der Waals surface area (Å²) in [6.07, 6.45) is 0. The van der Waals surface area contributed by atoms with E-state index in [2.05, 4.69) is 30.9 Å². The number of rotatable bonds is 6. The predicted octanol–water partition coefficient (Wildman–Crippen LogP) is 3.84. The van der Waals surface area contributed by atoms with Gasteiger partial charge in [-0.05, 0) is 40.6 Å². The number of hydrogen-bond acceptors (Lipinski definition) is 8. The second kappa shape index (κ2) is 7.62. The molecular formula is C15H10BrN3O5S. The first-order valence-electron chi connectivity index (χ1n) is 7.01. The minimum atomic E-state index is -0.541. The fourth-order valence-electron chi connectivity index (χ4n) is 2.05. The Bertz CT molecular complexity index is 929. The Balaban J connectivity index is 1.59. The average Bonchev–Trinajstić information content (AvgIpc) is 3.08. The molecule has 0 fully saturated rings. The van der Waals surface area contributed by atoms with Crippen LogP contribution in [0.4, 0.5) is 5.69 Å². The first-order valence-corrected chi connectivity index (χ1v) is 8.79. The van der Waals surface area contributed by atoms with Gasteiger partial charge in [0.25, 0.3) is 0 Å². The third kappa shape index (κ3) is 3.97. The fraction of sp³-hybridized carbons (Fsp3) is 0.133. The summed E-state index contributed by atoms with van der Waals surface area (Å²) >= 11 is 4.64. The number of nitrogens with zero attached hydrogens (tertiary/aromatic N) is 3. The zero-order valence-electron chi connectivity index (χ0n) is 12.5. The van der Waals surface area contributed by atoms with Crippen LogP contribution in [0.25, 0.3) is 11.0 Å². The topological polar surface area (TPSA) is 108 Å². The third-order valence-electron chi connectivity index (χ3n) is 3.21. The number of hydrogen-bond donors (Lipinski definition) is 0. The average molecular weight is 424 g/mol. The summed E-state index contributed by atoms with van der Waals surface area (Å²) in [6, 6.07) is 9.78. The molecule has 8 nitrogen and oxygen atoms in total. The smallest absolute Gasteiger partial charge is 0.338 e. The van der Waals surface area contributed by atoms with Crippen molar-refractivity contribution in [1.29, 1.82) is 0 Å². The van der Waals surface area contributed by atoms with Crippen molar-refractivity contribution in [2.24, 2.45) is 0 Å². The number of nitro groups is 1. The number of carbonyl (C=O) groups is 1. The summed E-state index contributed by atoms with van der Waals surface area (Å²) < 4.78 is 10.7. The van der Waals surface area contributed by atoms with Gasteiger partial charge in [-0.25, -0.2) is 9.42 Å². The summed E-state index contributed by atoms with van der Waals surface area (Å²) in [5.41, 5.74) is 0.717. The van der Waals surface area contributed by atoms with E-state index in [0.29, 0.717) is 21.7 Å². The van der Waals surface area contributed by atoms with Crippen LogP contribution in [0.5, 0.6) is 0 Å². The molecule has 128 valence electrons. The Morgan fingerprint density at radius 1 is 1.20 bits per heavy atom. The first-order chi connectivity index (χ1) is 12.1. The lowest BCUT2D eigenvalue weighted by Crippen LogP contribution is -2.07. The van der Waals surface area contributed by atoms with Crippen molar-refractivity contribution in [3.8, 4) is 0 Å². The van der Waals surface area contributed by atoms with Crippen LogP contribution in [0.15, 0.2) is 50.4 Å². The molecule has 0 amide bonds. The van der Waals surface area contributed by atoms with Crippen LogP contribution in [0.1, 0.15) is 10.4 Å². The van der Waals surface area contributed by atoms with Crippen LogP contribution in [-0.2, 0) is 4.74 Å². The van der Waals surface area contributed by atoms with Crippen molar-refractivity contribution < 1.29 is 19.1 Å². The molecule has 3 aromatic rings. The predicted molar refractivity (Wildman–Crippen MR) is 93.6 cm³/mol. The van der Waals surface area contributed by atoms with Crippen LogP contribution in [-0.4, -0.2) is 33.6 Å². The van der Waals surface area contributed by atoms with E-state index in [0.717, 1.165) is 4.47 Å². The van der Waals surface area contributed by atoms with Crippen LogP contribution >= 0.6 is 27.7 Å². The van der Waals surface area contributed by atoms with E-state index in [9.17, 15) is 14.9 Å². The highest BCUT2D eigenvalue weighted by atomic mass is 79.9. The van der Waals surface area contributed by atoms with Gasteiger partial charge in [0.15, 0.2) is 5.52 Å². The number of ether oxygens (including phenoxy) is 1. The molecule has 0 aliphatic heterocycles. The molecule has 0 N–H and O–H groups in total. The lowest BCUT2D eigenvalue weighted by atomic mass is 10.2. The molecule has 1 heterocycles. The van der Waals surface area contributed by atoms with Crippen molar-refractivity contribution >= 4 is 50.4 Å². The van der Waals surface area contributed by atoms with Gasteiger partial charge in [-0.3, -0.25) is 10.1 Å². The number of aromatic nitrogens is 2. The van der Waals surface area contributed by atoms with E-state index >= 15 is 0 Å². The second-order valence-corrected chi connectivity index (χ2v) is 6.85. The summed E-state index contributed by atoms with van der Waals surface area (Å²) in [7, 11) is 0. The molecule has 0 atom stereocenters. The molecule has 25 heavy (non-hydrogen) atoms. The van der Waals surface area contributed by atoms with Crippen molar-refractivity contribution in [3.63, 3.8) is 0 Å². The van der Waals surface area contributed by atoms with Gasteiger partial charge in [0.05, 0.1) is 10.5 Å². The normalized spacial score (nSPS) is 10.8. The molecule has 2 aromatic carbocycles. The molecule has 0 aliphatic carbocycles. The van der Waals surface area contributed by atoms with Gasteiger partial charge in [0.1, 0.15) is 6.61 Å². The highest BCUT2D eigenvalue weighted by Gasteiger charge is 2.19. The maximum atomic E-state index is 11.9. The van der Waals surface area contributed by atoms with Crippen molar-refractivity contribution in [3.05, 3.63) is 56.5 Å². The van der Waals surface area contributed by atoms with E-state index in [1.165, 1.54) is 17.8 Å². The van der Waals surface area contributed by atoms with Gasteiger partial charge in [-0.1, -0.05) is 15.9 Å². The second-order valence-electron chi connectivity index (χ2n) is 4.79. The molecule has 0 spiro atoms. The SMILES string of the molecule is O=C(OCCSc1ccc([N+](=O)[O-])c2nonc12)c1ccc(Br)cc1. The van der Waals surface area contributed by atoms with E-state index < -0.39 is 10.9 Å². The van der Waals surface area contributed by atoms with Gasteiger partial charge in [0, 0.05) is 21.2 Å². The number of carbonyl (C=O) groups excluding carboxylic acids is 1. The third-order valence-corrected chi connectivity index (χ3v) is 4.75. The monoisotopic (exact) mass is 423 g/mol. The maximum absolute atomic E-state index is 11.9. The lowest BCUT2D eigenvalue weighted by Gasteiger charge is -2.05. The van der Waals surface area contributed by atoms with E-state index in [1.54, 1.807) is 30.3 Å². The number of halogens is 1. The molecule has 1 aromatic heterocycles. The molecule has 0 unspecified atom stereocenters. The Labute approximate surface area is 153 Å². The lowest BCUT2D eigenvalue weighted by molar-refractivity contribution is -0.383. The first kappa shape index (κ1) is 17.4. The van der Waals surface area contributed by atoms with Crippen LogP contribution < -0.4 is 0 Å². The van der Waals surface area contributed by atoms with Crippen LogP contribution in [0.2, 0.25) is 0 Å². The highest BCUT2D eigenvalue weighted by Crippen LogP contribution is 2.31. The van der Waals surface area contributed by atoms with E-state index in [4.69, 9.17) is 4.74 Å². The van der Waals surface area contributed by atoms with E-state index in [1.807, 2.05) is 0 Å². The van der Waals surface area contributed by atoms with Crippen LogP contribution in [0, 0.1) is 10.1 Å². The van der Waals surface area contributed by atoms with Crippen molar-refractivity contribution in [2.75, 3.05) is 12.4 Å². The number of non-ortho nitro benzene ring substituents is 1. The molecule has 0 bridgehead atoms. The molecule has 10 heteroatoms. The standard InChI is InChI=1S/C15H10BrN3O5S/c16-10-3-1-9(2-4-10)15(20)23-7-8-25-12-6-5-11(19(21)22)13-14(12)18-24-17-13/h1-6H,7-8H2. The molecule has 0 saturated carbocycles. The Morgan fingerprint density at radius 3 is 2.64 bits per heavy atom. The van der Waals surface area contributed by atoms with Crippen LogP contribution in [0.3, 0.4) is 0 Å². The van der Waals surface area contributed by atoms with Crippen molar-refractivity contribution in [2.45, 2.75) is 4.90 Å². The molecule has 3 rings (SSSR count). The summed E-state index contributed by atoms with van der Waals surface area (Å²) in [4.78, 5) is 23.0. The quantitative estimate of drug-likeness (QED) is 0.193. The number of esters is 1. The molecule has 0 saturated heterocycles. The van der Waals surface area contributed by atoms with Gasteiger partial charge in [-0.2, -0.15) is 0 Å². The minimum absolute atomic E-state index is 0.0989. The summed E-state index contributed by atoms with van der Waals surface area (Å²) in [5, 5.41) is 18.2. The largest absolute Gasteiger partial charge is 0.461 e. The number of nitro benzene ring substituents is 1. The highest BCUT2D eigenvalue weighted by molar-refractivity contribution is 9.10. The number of fused-ring (bicyclic) bond motifs is 1. The van der Waals surface area contributed by atoms with Gasteiger partial charge < -0.3 is 4.74 Å². The number of thioether (sulfide) groups is 1. The van der Waals surface area contributed by atoms with E-state index in [-0.39, 0.29) is 17.8 Å². The Morgan fingerprint density at radius 2 is 1.92 bits per heavy atom. The zero-order chi connectivity index (χ0) is 17.8. The van der Waals surface area contributed by atoms with Gasteiger partial charge >= 0.3 is 11.7 Å². The molecule has 0 aliphatic rings. The Hall–Kier alpha value is -2.46.